The van der Waals surface area contributed by atoms with Crippen molar-refractivity contribution in [3.63, 3.8) is 0 Å². The first-order valence-electron chi connectivity index (χ1n) is 5.04. The van der Waals surface area contributed by atoms with Crippen LogP contribution in [-0.4, -0.2) is 32.5 Å². The zero-order valence-electron chi connectivity index (χ0n) is 8.80. The van der Waals surface area contributed by atoms with Crippen molar-refractivity contribution in [2.24, 2.45) is 0 Å². The van der Waals surface area contributed by atoms with Gasteiger partial charge in [-0.2, -0.15) is 0 Å². The molecule has 5 heteroatoms. The molecule has 0 amide bonds. The number of hydrogen-bond donors (Lipinski definition) is 0. The summed E-state index contributed by atoms with van der Waals surface area (Å²) in [7, 11) is 1.40. The van der Waals surface area contributed by atoms with E-state index in [-0.39, 0.29) is 18.8 Å². The first-order chi connectivity index (χ1) is 7.79. The Balaban J connectivity index is 1.80. The molecule has 1 aromatic rings. The molecular formula is C11H11NO4. The van der Waals surface area contributed by atoms with Crippen LogP contribution in [0.15, 0.2) is 18.2 Å². The van der Waals surface area contributed by atoms with E-state index in [0.717, 1.165) is 17.2 Å². The van der Waals surface area contributed by atoms with Gasteiger partial charge in [0.25, 0.3) is 0 Å². The molecule has 0 N–H and O–H groups in total. The molecule has 0 aliphatic carbocycles. The molecule has 1 fully saturated rings. The fraction of sp³-hybridized carbons (Fsp3) is 0.364. The summed E-state index contributed by atoms with van der Waals surface area (Å²) in [6, 6.07) is 5.50. The summed E-state index contributed by atoms with van der Waals surface area (Å²) in [5.74, 6) is 1.28. The fourth-order valence-corrected chi connectivity index (χ4v) is 1.83. The highest BCUT2D eigenvalue weighted by atomic mass is 16.7. The van der Waals surface area contributed by atoms with Crippen molar-refractivity contribution < 1.29 is 19.0 Å². The van der Waals surface area contributed by atoms with Crippen molar-refractivity contribution in [3.8, 4) is 11.5 Å². The molecule has 2 heterocycles. The molecule has 1 aromatic carbocycles. The maximum atomic E-state index is 11.3. The molecule has 1 unspecified atom stereocenters. The zero-order chi connectivity index (χ0) is 11.1. The standard InChI is InChI=1S/C11H11NO4/c1-14-11(13)8-5-12(8)7-2-3-9-10(4-7)16-6-15-9/h2-4,8H,5-6H2,1H3. The number of benzene rings is 1. The van der Waals surface area contributed by atoms with Crippen molar-refractivity contribution in [1.29, 1.82) is 0 Å². The molecule has 3 rings (SSSR count). The highest BCUT2D eigenvalue weighted by Gasteiger charge is 2.42. The van der Waals surface area contributed by atoms with Crippen molar-refractivity contribution in [1.82, 2.24) is 0 Å². The lowest BCUT2D eigenvalue weighted by Crippen LogP contribution is -2.13. The van der Waals surface area contributed by atoms with E-state index >= 15 is 0 Å². The Labute approximate surface area is 92.5 Å². The Morgan fingerprint density at radius 1 is 1.44 bits per heavy atom. The molecule has 5 nitrogen and oxygen atoms in total. The molecule has 0 aromatic heterocycles. The number of methoxy groups -OCH3 is 1. The summed E-state index contributed by atoms with van der Waals surface area (Å²) >= 11 is 0. The van der Waals surface area contributed by atoms with Crippen LogP contribution in [0.4, 0.5) is 5.69 Å². The van der Waals surface area contributed by atoms with Crippen LogP contribution < -0.4 is 14.4 Å². The molecule has 1 atom stereocenters. The number of carbonyl (C=O) groups is 1. The van der Waals surface area contributed by atoms with Crippen molar-refractivity contribution in [3.05, 3.63) is 18.2 Å². The van der Waals surface area contributed by atoms with Crippen LogP contribution in [-0.2, 0) is 9.53 Å². The highest BCUT2D eigenvalue weighted by Crippen LogP contribution is 2.38. The fourth-order valence-electron chi connectivity index (χ4n) is 1.83. The summed E-state index contributed by atoms with van der Waals surface area (Å²) in [4.78, 5) is 13.2. The van der Waals surface area contributed by atoms with Gasteiger partial charge in [-0.05, 0) is 12.1 Å². The van der Waals surface area contributed by atoms with Gasteiger partial charge in [-0.25, -0.2) is 4.79 Å². The predicted octanol–water partition coefficient (Wildman–Crippen LogP) is 0.777. The van der Waals surface area contributed by atoms with Crippen molar-refractivity contribution in [2.45, 2.75) is 6.04 Å². The third-order valence-corrected chi connectivity index (χ3v) is 2.77. The minimum atomic E-state index is -0.197. The second-order valence-electron chi connectivity index (χ2n) is 3.73. The van der Waals surface area contributed by atoms with E-state index in [1.807, 2.05) is 23.1 Å². The molecule has 84 valence electrons. The van der Waals surface area contributed by atoms with Crippen LogP contribution in [0.25, 0.3) is 0 Å². The third kappa shape index (κ3) is 1.36. The SMILES string of the molecule is COC(=O)C1CN1c1ccc2c(c1)OCO2. The van der Waals surface area contributed by atoms with E-state index in [4.69, 9.17) is 9.47 Å². The summed E-state index contributed by atoms with van der Waals surface area (Å²) in [6.07, 6.45) is 0. The smallest absolute Gasteiger partial charge is 0.330 e. The largest absolute Gasteiger partial charge is 0.467 e. The van der Waals surface area contributed by atoms with Gasteiger partial charge in [0.2, 0.25) is 6.79 Å². The topological polar surface area (TPSA) is 47.8 Å². The molecule has 0 spiro atoms. The van der Waals surface area contributed by atoms with E-state index in [0.29, 0.717) is 6.54 Å². The Hall–Kier alpha value is -1.91. The van der Waals surface area contributed by atoms with Gasteiger partial charge in [0.15, 0.2) is 11.5 Å². The van der Waals surface area contributed by atoms with Crippen LogP contribution in [0.1, 0.15) is 0 Å². The zero-order valence-corrected chi connectivity index (χ0v) is 8.80. The number of hydrogen-bond acceptors (Lipinski definition) is 5. The third-order valence-electron chi connectivity index (χ3n) is 2.77. The molecule has 2 aliphatic rings. The van der Waals surface area contributed by atoms with E-state index < -0.39 is 0 Å². The second-order valence-corrected chi connectivity index (χ2v) is 3.73. The van der Waals surface area contributed by atoms with Gasteiger partial charge in [-0.1, -0.05) is 0 Å². The monoisotopic (exact) mass is 221 g/mol. The lowest BCUT2D eigenvalue weighted by atomic mass is 10.3. The van der Waals surface area contributed by atoms with E-state index in [9.17, 15) is 4.79 Å². The molecular weight excluding hydrogens is 210 g/mol. The number of rotatable bonds is 2. The first-order valence-corrected chi connectivity index (χ1v) is 5.04. The number of esters is 1. The van der Waals surface area contributed by atoms with Crippen LogP contribution in [0.5, 0.6) is 11.5 Å². The average Bonchev–Trinajstić information content (AvgIpc) is 2.98. The Bertz CT molecular complexity index is 446. The number of ether oxygens (including phenoxy) is 3. The molecule has 2 aliphatic heterocycles. The summed E-state index contributed by atoms with van der Waals surface area (Å²) < 4.78 is 15.2. The van der Waals surface area contributed by atoms with Gasteiger partial charge in [-0.15, -0.1) is 0 Å². The number of fused-ring (bicyclic) bond motifs is 1. The quantitative estimate of drug-likeness (QED) is 0.545. The molecule has 0 radical (unpaired) electrons. The maximum Gasteiger partial charge on any atom is 0.330 e. The maximum absolute atomic E-state index is 11.3. The second kappa shape index (κ2) is 3.30. The van der Waals surface area contributed by atoms with Gasteiger partial charge in [-0.3, -0.25) is 0 Å². The van der Waals surface area contributed by atoms with Gasteiger partial charge >= 0.3 is 5.97 Å². The lowest BCUT2D eigenvalue weighted by molar-refractivity contribution is -0.139. The molecule has 0 saturated carbocycles. The summed E-state index contributed by atoms with van der Waals surface area (Å²) in [5, 5.41) is 0. The minimum absolute atomic E-state index is 0.148. The summed E-state index contributed by atoms with van der Waals surface area (Å²) in [5.41, 5.74) is 0.958. The predicted molar refractivity (Wildman–Crippen MR) is 55.7 cm³/mol. The minimum Gasteiger partial charge on any atom is -0.467 e. The number of anilines is 1. The van der Waals surface area contributed by atoms with Crippen molar-refractivity contribution in [2.75, 3.05) is 25.3 Å². The molecule has 16 heavy (non-hydrogen) atoms. The van der Waals surface area contributed by atoms with Gasteiger partial charge in [0, 0.05) is 11.8 Å². The molecule has 1 saturated heterocycles. The number of nitrogens with zero attached hydrogens (tertiary/aromatic N) is 1. The van der Waals surface area contributed by atoms with Crippen LogP contribution in [0.3, 0.4) is 0 Å². The van der Waals surface area contributed by atoms with Crippen LogP contribution in [0, 0.1) is 0 Å². The number of carbonyl (C=O) groups excluding carboxylic acids is 1. The van der Waals surface area contributed by atoms with Crippen LogP contribution >= 0.6 is 0 Å². The van der Waals surface area contributed by atoms with Crippen LogP contribution in [0.2, 0.25) is 0 Å². The van der Waals surface area contributed by atoms with E-state index in [2.05, 4.69) is 4.74 Å². The first kappa shape index (κ1) is 9.33. The van der Waals surface area contributed by atoms with Gasteiger partial charge in [0.05, 0.1) is 13.7 Å². The Kier molecular flexibility index (Phi) is 1.92. The highest BCUT2D eigenvalue weighted by molar-refractivity contribution is 5.86. The van der Waals surface area contributed by atoms with Gasteiger partial charge in [0.1, 0.15) is 6.04 Å². The lowest BCUT2D eigenvalue weighted by Gasteiger charge is -2.05. The molecule has 0 bridgehead atoms. The Morgan fingerprint density at radius 3 is 3.06 bits per heavy atom. The Morgan fingerprint density at radius 2 is 2.25 bits per heavy atom. The van der Waals surface area contributed by atoms with E-state index in [1.165, 1.54) is 7.11 Å². The van der Waals surface area contributed by atoms with Gasteiger partial charge < -0.3 is 19.1 Å². The van der Waals surface area contributed by atoms with E-state index in [1.54, 1.807) is 0 Å². The normalized spacial score (nSPS) is 20.8. The summed E-state index contributed by atoms with van der Waals surface area (Å²) in [6.45, 7) is 0.964. The average molecular weight is 221 g/mol. The van der Waals surface area contributed by atoms with Crippen molar-refractivity contribution >= 4 is 11.7 Å².